The Kier molecular flexibility index (Phi) is 1.31. The van der Waals surface area contributed by atoms with Crippen molar-refractivity contribution in [1.82, 2.24) is 4.90 Å². The highest BCUT2D eigenvalue weighted by Crippen LogP contribution is 2.25. The molecular formula is C8H13N. The van der Waals surface area contributed by atoms with Crippen molar-refractivity contribution in [3.05, 3.63) is 12.2 Å². The van der Waals surface area contributed by atoms with Gasteiger partial charge >= 0.3 is 0 Å². The van der Waals surface area contributed by atoms with E-state index in [0.717, 1.165) is 6.04 Å². The molecule has 1 heteroatoms. The summed E-state index contributed by atoms with van der Waals surface area (Å²) in [7, 11) is 0. The lowest BCUT2D eigenvalue weighted by Crippen LogP contribution is -2.38. The molecule has 2 rings (SSSR count). The zero-order valence-corrected chi connectivity index (χ0v) is 5.71. The zero-order chi connectivity index (χ0) is 6.10. The largest absolute Gasteiger partial charge is 0.293 e. The predicted molar refractivity (Wildman–Crippen MR) is 38.4 cm³/mol. The number of hydrogen-bond donors (Lipinski definition) is 0. The second-order valence-electron chi connectivity index (χ2n) is 3.01. The summed E-state index contributed by atoms with van der Waals surface area (Å²) in [5.74, 6) is 0. The molecule has 0 N–H and O–H groups in total. The second kappa shape index (κ2) is 2.14. The van der Waals surface area contributed by atoms with E-state index >= 15 is 0 Å². The van der Waals surface area contributed by atoms with Crippen LogP contribution in [0.1, 0.15) is 19.3 Å². The molecule has 1 aliphatic carbocycles. The van der Waals surface area contributed by atoms with Crippen LogP contribution in [0.5, 0.6) is 0 Å². The smallest absolute Gasteiger partial charge is 0.0169 e. The van der Waals surface area contributed by atoms with Gasteiger partial charge in [-0.3, -0.25) is 4.90 Å². The molecule has 0 aromatic rings. The quantitative estimate of drug-likeness (QED) is 0.476. The van der Waals surface area contributed by atoms with Crippen LogP contribution in [0.4, 0.5) is 0 Å². The molecule has 0 spiro atoms. The molecule has 0 bridgehead atoms. The summed E-state index contributed by atoms with van der Waals surface area (Å²) >= 11 is 0. The van der Waals surface area contributed by atoms with Gasteiger partial charge in [0.1, 0.15) is 0 Å². The lowest BCUT2D eigenvalue weighted by atomic mass is 9.92. The first-order chi connectivity index (χ1) is 4.47. The molecule has 0 saturated heterocycles. The normalized spacial score (nSPS) is 28.9. The molecule has 1 saturated carbocycles. The van der Waals surface area contributed by atoms with E-state index in [1.165, 1.54) is 32.4 Å². The number of hydrogen-bond acceptors (Lipinski definition) is 1. The van der Waals surface area contributed by atoms with E-state index in [1.54, 1.807) is 0 Å². The minimum absolute atomic E-state index is 0.944. The van der Waals surface area contributed by atoms with E-state index in [9.17, 15) is 0 Å². The van der Waals surface area contributed by atoms with Crippen molar-refractivity contribution >= 4 is 0 Å². The summed E-state index contributed by atoms with van der Waals surface area (Å²) < 4.78 is 0. The standard InChI is InChI=1S/C8H13N/c1-2-7-9(6-1)8-4-3-5-8/h1-2,8H,3-7H2. The van der Waals surface area contributed by atoms with Gasteiger partial charge in [-0.05, 0) is 12.8 Å². The van der Waals surface area contributed by atoms with Gasteiger partial charge in [0.25, 0.3) is 0 Å². The molecule has 50 valence electrons. The molecule has 0 radical (unpaired) electrons. The van der Waals surface area contributed by atoms with Crippen LogP contribution in [-0.4, -0.2) is 24.0 Å². The van der Waals surface area contributed by atoms with Crippen LogP contribution in [0.3, 0.4) is 0 Å². The maximum Gasteiger partial charge on any atom is 0.0169 e. The summed E-state index contributed by atoms with van der Waals surface area (Å²) in [4.78, 5) is 2.56. The van der Waals surface area contributed by atoms with E-state index in [0.29, 0.717) is 0 Å². The lowest BCUT2D eigenvalue weighted by molar-refractivity contribution is 0.166. The fourth-order valence-corrected chi connectivity index (χ4v) is 1.54. The average Bonchev–Trinajstić information content (AvgIpc) is 2.11. The molecule has 2 aliphatic rings. The van der Waals surface area contributed by atoms with Gasteiger partial charge in [0.05, 0.1) is 0 Å². The second-order valence-corrected chi connectivity index (χ2v) is 3.01. The van der Waals surface area contributed by atoms with Gasteiger partial charge < -0.3 is 0 Å². The fourth-order valence-electron chi connectivity index (χ4n) is 1.54. The molecule has 9 heavy (non-hydrogen) atoms. The minimum atomic E-state index is 0.944. The third-order valence-corrected chi connectivity index (χ3v) is 2.44. The molecule has 1 fully saturated rings. The van der Waals surface area contributed by atoms with Crippen molar-refractivity contribution in [2.75, 3.05) is 13.1 Å². The van der Waals surface area contributed by atoms with E-state index in [2.05, 4.69) is 17.1 Å². The molecule has 0 unspecified atom stereocenters. The van der Waals surface area contributed by atoms with Gasteiger partial charge in [-0.1, -0.05) is 18.6 Å². The Morgan fingerprint density at radius 2 is 1.78 bits per heavy atom. The first-order valence-electron chi connectivity index (χ1n) is 3.86. The van der Waals surface area contributed by atoms with Crippen LogP contribution in [0, 0.1) is 0 Å². The summed E-state index contributed by atoms with van der Waals surface area (Å²) in [5.41, 5.74) is 0. The Hall–Kier alpha value is -0.300. The first kappa shape index (κ1) is 5.48. The van der Waals surface area contributed by atoms with Gasteiger partial charge in [-0.2, -0.15) is 0 Å². The molecule has 1 nitrogen and oxygen atoms in total. The molecule has 0 atom stereocenters. The monoisotopic (exact) mass is 123 g/mol. The summed E-state index contributed by atoms with van der Waals surface area (Å²) in [6.07, 6.45) is 8.90. The van der Waals surface area contributed by atoms with Crippen LogP contribution in [0.15, 0.2) is 12.2 Å². The van der Waals surface area contributed by atoms with Gasteiger partial charge in [-0.25, -0.2) is 0 Å². The molecule has 0 aromatic heterocycles. The van der Waals surface area contributed by atoms with Gasteiger partial charge in [0, 0.05) is 19.1 Å². The maximum atomic E-state index is 2.56. The van der Waals surface area contributed by atoms with Crippen LogP contribution < -0.4 is 0 Å². The SMILES string of the molecule is C1=CCN(C2CCC2)C1. The van der Waals surface area contributed by atoms with Crippen molar-refractivity contribution in [3.8, 4) is 0 Å². The van der Waals surface area contributed by atoms with Crippen LogP contribution in [0.2, 0.25) is 0 Å². The third kappa shape index (κ3) is 0.897. The molecule has 0 aromatic carbocycles. The Morgan fingerprint density at radius 3 is 2.22 bits per heavy atom. The Morgan fingerprint density at radius 1 is 1.11 bits per heavy atom. The zero-order valence-electron chi connectivity index (χ0n) is 5.71. The third-order valence-electron chi connectivity index (χ3n) is 2.44. The van der Waals surface area contributed by atoms with E-state index in [1.807, 2.05) is 0 Å². The summed E-state index contributed by atoms with van der Waals surface area (Å²) in [6.45, 7) is 2.43. The highest BCUT2D eigenvalue weighted by Gasteiger charge is 2.24. The van der Waals surface area contributed by atoms with E-state index < -0.39 is 0 Å². The highest BCUT2D eigenvalue weighted by molar-refractivity contribution is 4.99. The summed E-state index contributed by atoms with van der Waals surface area (Å²) in [6, 6.07) is 0.944. The molecule has 1 heterocycles. The fraction of sp³-hybridized carbons (Fsp3) is 0.750. The van der Waals surface area contributed by atoms with Crippen LogP contribution in [0.25, 0.3) is 0 Å². The molecule has 0 amide bonds. The number of rotatable bonds is 1. The average molecular weight is 123 g/mol. The first-order valence-corrected chi connectivity index (χ1v) is 3.86. The van der Waals surface area contributed by atoms with Crippen molar-refractivity contribution < 1.29 is 0 Å². The van der Waals surface area contributed by atoms with Gasteiger partial charge in [0.15, 0.2) is 0 Å². The maximum absolute atomic E-state index is 2.56. The van der Waals surface area contributed by atoms with Gasteiger partial charge in [-0.15, -0.1) is 0 Å². The highest BCUT2D eigenvalue weighted by atomic mass is 15.2. The van der Waals surface area contributed by atoms with Crippen molar-refractivity contribution in [1.29, 1.82) is 0 Å². The van der Waals surface area contributed by atoms with Crippen molar-refractivity contribution in [2.24, 2.45) is 0 Å². The molecular weight excluding hydrogens is 110 g/mol. The number of nitrogens with zero attached hydrogens (tertiary/aromatic N) is 1. The summed E-state index contributed by atoms with van der Waals surface area (Å²) in [5, 5.41) is 0. The van der Waals surface area contributed by atoms with Crippen LogP contribution >= 0.6 is 0 Å². The van der Waals surface area contributed by atoms with E-state index in [4.69, 9.17) is 0 Å². The van der Waals surface area contributed by atoms with Crippen molar-refractivity contribution in [3.63, 3.8) is 0 Å². The van der Waals surface area contributed by atoms with Gasteiger partial charge in [0.2, 0.25) is 0 Å². The van der Waals surface area contributed by atoms with Crippen molar-refractivity contribution in [2.45, 2.75) is 25.3 Å². The minimum Gasteiger partial charge on any atom is -0.293 e. The van der Waals surface area contributed by atoms with E-state index in [-0.39, 0.29) is 0 Å². The van der Waals surface area contributed by atoms with Crippen LogP contribution in [-0.2, 0) is 0 Å². The predicted octanol–water partition coefficient (Wildman–Crippen LogP) is 1.41. The topological polar surface area (TPSA) is 3.24 Å². The Balaban J connectivity index is 1.85. The Bertz CT molecular complexity index is 117. The lowest BCUT2D eigenvalue weighted by Gasteiger charge is -2.34. The molecule has 1 aliphatic heterocycles. The Labute approximate surface area is 56.4 Å².